The van der Waals surface area contributed by atoms with E-state index in [1.807, 2.05) is 12.1 Å². The van der Waals surface area contributed by atoms with E-state index in [9.17, 15) is 14.0 Å². The molecule has 7 nitrogen and oxygen atoms in total. The topological polar surface area (TPSA) is 76.5 Å². The normalized spacial score (nSPS) is 15.3. The van der Waals surface area contributed by atoms with Crippen LogP contribution < -0.4 is 5.32 Å². The molecule has 0 radical (unpaired) electrons. The number of halogens is 1. The fourth-order valence-corrected chi connectivity index (χ4v) is 3.62. The third kappa shape index (κ3) is 5.63. The Kier molecular flexibility index (Phi) is 6.98. The van der Waals surface area contributed by atoms with Gasteiger partial charge in [0, 0.05) is 7.05 Å². The molecule has 156 valence electrons. The third-order valence-corrected chi connectivity index (χ3v) is 5.20. The van der Waals surface area contributed by atoms with E-state index in [4.69, 9.17) is 4.74 Å². The molecule has 1 aromatic heterocycles. The summed E-state index contributed by atoms with van der Waals surface area (Å²) < 4.78 is 19.5. The Morgan fingerprint density at radius 2 is 1.93 bits per heavy atom. The molecule has 0 aliphatic carbocycles. The zero-order valence-corrected chi connectivity index (χ0v) is 16.9. The first kappa shape index (κ1) is 21.0. The highest BCUT2D eigenvalue weighted by Crippen LogP contribution is 2.22. The number of anilines is 1. The first-order chi connectivity index (χ1) is 14.0. The summed E-state index contributed by atoms with van der Waals surface area (Å²) in [6, 6.07) is 6.67. The maximum absolute atomic E-state index is 13.0. The van der Waals surface area contributed by atoms with Crippen LogP contribution in [0.25, 0.3) is 0 Å². The largest absolute Gasteiger partial charge is 0.462 e. The number of hydrogen-bond donors (Lipinski definition) is 1. The van der Waals surface area contributed by atoms with Gasteiger partial charge in [-0.1, -0.05) is 12.1 Å². The fraction of sp³-hybridized carbons (Fsp3) is 0.476. The summed E-state index contributed by atoms with van der Waals surface area (Å²) in [5, 5.41) is 6.82. The molecule has 1 N–H and O–H groups in total. The molecule has 0 bridgehead atoms. The van der Waals surface area contributed by atoms with Crippen LogP contribution in [0, 0.1) is 11.7 Å². The fourth-order valence-electron chi connectivity index (χ4n) is 3.62. The first-order valence-corrected chi connectivity index (χ1v) is 9.92. The van der Waals surface area contributed by atoms with Gasteiger partial charge >= 0.3 is 5.97 Å². The first-order valence-electron chi connectivity index (χ1n) is 9.92. The minimum atomic E-state index is -0.502. The number of rotatable bonds is 7. The van der Waals surface area contributed by atoms with Crippen LogP contribution in [0.5, 0.6) is 0 Å². The predicted octanol–water partition coefficient (Wildman–Crippen LogP) is 2.63. The van der Waals surface area contributed by atoms with Gasteiger partial charge in [-0.2, -0.15) is 5.10 Å². The van der Waals surface area contributed by atoms with E-state index in [-0.39, 0.29) is 30.4 Å². The number of nitrogens with one attached hydrogen (secondary N) is 1. The van der Waals surface area contributed by atoms with E-state index in [0.717, 1.165) is 37.9 Å². The second kappa shape index (κ2) is 9.65. The van der Waals surface area contributed by atoms with Gasteiger partial charge in [-0.05, 0) is 62.9 Å². The molecule has 0 spiro atoms. The monoisotopic (exact) mass is 402 g/mol. The van der Waals surface area contributed by atoms with Crippen LogP contribution in [0.1, 0.15) is 35.7 Å². The van der Waals surface area contributed by atoms with Crippen molar-refractivity contribution < 1.29 is 18.7 Å². The number of piperidine rings is 1. The number of esters is 1. The van der Waals surface area contributed by atoms with Gasteiger partial charge in [0.2, 0.25) is 5.91 Å². The second-order valence-electron chi connectivity index (χ2n) is 7.35. The highest BCUT2D eigenvalue weighted by Gasteiger charge is 2.23. The Balaban J connectivity index is 1.48. The van der Waals surface area contributed by atoms with Crippen molar-refractivity contribution in [2.75, 3.05) is 31.6 Å². The highest BCUT2D eigenvalue weighted by molar-refractivity contribution is 6.00. The quantitative estimate of drug-likeness (QED) is 0.721. The molecule has 1 amide bonds. The molecule has 1 fully saturated rings. The smallest absolute Gasteiger partial charge is 0.343 e. The number of carbonyl (C=O) groups is 2. The molecule has 1 aliphatic rings. The van der Waals surface area contributed by atoms with Gasteiger partial charge in [0.1, 0.15) is 17.2 Å². The Morgan fingerprint density at radius 3 is 2.59 bits per heavy atom. The molecule has 1 aromatic carbocycles. The van der Waals surface area contributed by atoms with Crippen LogP contribution in [-0.4, -0.2) is 52.8 Å². The lowest BCUT2D eigenvalue weighted by Gasteiger charge is -2.31. The van der Waals surface area contributed by atoms with E-state index in [2.05, 4.69) is 15.3 Å². The van der Waals surface area contributed by atoms with Crippen molar-refractivity contribution in [3.63, 3.8) is 0 Å². The molecular weight excluding hydrogens is 375 g/mol. The van der Waals surface area contributed by atoms with E-state index in [1.165, 1.54) is 23.0 Å². The summed E-state index contributed by atoms with van der Waals surface area (Å²) >= 11 is 0. The summed E-state index contributed by atoms with van der Waals surface area (Å²) in [7, 11) is 1.67. The number of ether oxygens (including phenoxy) is 1. The second-order valence-corrected chi connectivity index (χ2v) is 7.35. The van der Waals surface area contributed by atoms with Crippen LogP contribution in [-0.2, 0) is 23.0 Å². The molecule has 1 aliphatic heterocycles. The van der Waals surface area contributed by atoms with Crippen LogP contribution in [0.2, 0.25) is 0 Å². The van der Waals surface area contributed by atoms with Crippen LogP contribution in [0.3, 0.4) is 0 Å². The summed E-state index contributed by atoms with van der Waals surface area (Å²) in [6.07, 6.45) is 4.31. The van der Waals surface area contributed by atoms with Gasteiger partial charge in [0.05, 0.1) is 19.3 Å². The molecule has 1 saturated heterocycles. The minimum Gasteiger partial charge on any atom is -0.462 e. The van der Waals surface area contributed by atoms with Gasteiger partial charge < -0.3 is 10.1 Å². The third-order valence-electron chi connectivity index (χ3n) is 5.20. The molecule has 29 heavy (non-hydrogen) atoms. The lowest BCUT2D eigenvalue weighted by atomic mass is 9.90. The molecule has 3 rings (SSSR count). The number of likely N-dealkylation sites (tertiary alicyclic amines) is 1. The summed E-state index contributed by atoms with van der Waals surface area (Å²) in [6.45, 7) is 3.90. The summed E-state index contributed by atoms with van der Waals surface area (Å²) in [5.74, 6) is -0.0188. The van der Waals surface area contributed by atoms with Gasteiger partial charge in [0.15, 0.2) is 0 Å². The average Bonchev–Trinajstić information content (AvgIpc) is 3.06. The van der Waals surface area contributed by atoms with E-state index in [0.29, 0.717) is 11.7 Å². The number of amides is 1. The van der Waals surface area contributed by atoms with Crippen LogP contribution in [0.15, 0.2) is 30.5 Å². The van der Waals surface area contributed by atoms with E-state index in [1.54, 1.807) is 14.0 Å². The van der Waals surface area contributed by atoms with Crippen molar-refractivity contribution >= 4 is 17.7 Å². The summed E-state index contributed by atoms with van der Waals surface area (Å²) in [4.78, 5) is 26.6. The molecule has 2 heterocycles. The van der Waals surface area contributed by atoms with Gasteiger partial charge in [-0.3, -0.25) is 14.4 Å². The average molecular weight is 402 g/mol. The minimum absolute atomic E-state index is 0.184. The van der Waals surface area contributed by atoms with E-state index >= 15 is 0 Å². The Morgan fingerprint density at radius 1 is 1.24 bits per heavy atom. The molecule has 2 aromatic rings. The molecule has 8 heteroatoms. The van der Waals surface area contributed by atoms with Crippen LogP contribution in [0.4, 0.5) is 10.2 Å². The molecule has 0 unspecified atom stereocenters. The number of carbonyl (C=O) groups excluding carboxylic acids is 2. The lowest BCUT2D eigenvalue weighted by Crippen LogP contribution is -2.39. The zero-order chi connectivity index (χ0) is 20.8. The van der Waals surface area contributed by atoms with Crippen molar-refractivity contribution in [2.45, 2.75) is 26.2 Å². The number of benzene rings is 1. The summed E-state index contributed by atoms with van der Waals surface area (Å²) in [5.41, 5.74) is 1.39. The number of aromatic nitrogens is 2. The Hall–Kier alpha value is -2.74. The van der Waals surface area contributed by atoms with E-state index < -0.39 is 5.97 Å². The van der Waals surface area contributed by atoms with Crippen molar-refractivity contribution in [1.29, 1.82) is 0 Å². The molecule has 0 saturated carbocycles. The van der Waals surface area contributed by atoms with Gasteiger partial charge in [0.25, 0.3) is 0 Å². The number of nitrogens with zero attached hydrogens (tertiary/aromatic N) is 3. The van der Waals surface area contributed by atoms with Crippen LogP contribution >= 0.6 is 0 Å². The SMILES string of the molecule is CCOC(=O)c1cnn(C)c1NC(=O)CN1CCC(Cc2ccc(F)cc2)CC1. The number of hydrogen-bond acceptors (Lipinski definition) is 5. The van der Waals surface area contributed by atoms with Crippen molar-refractivity contribution in [3.05, 3.63) is 47.4 Å². The lowest BCUT2D eigenvalue weighted by molar-refractivity contribution is -0.117. The van der Waals surface area contributed by atoms with Crippen molar-refractivity contribution in [1.82, 2.24) is 14.7 Å². The standard InChI is InChI=1S/C21H27FN4O3/c1-3-29-21(28)18-13-23-25(2)20(18)24-19(27)14-26-10-8-16(9-11-26)12-15-4-6-17(22)7-5-15/h4-7,13,16H,3,8-12,14H2,1-2H3,(H,24,27). The Labute approximate surface area is 169 Å². The van der Waals surface area contributed by atoms with Crippen molar-refractivity contribution in [2.24, 2.45) is 13.0 Å². The maximum Gasteiger partial charge on any atom is 0.343 e. The Bertz CT molecular complexity index is 842. The maximum atomic E-state index is 13.0. The van der Waals surface area contributed by atoms with Crippen molar-refractivity contribution in [3.8, 4) is 0 Å². The zero-order valence-electron chi connectivity index (χ0n) is 16.9. The number of aryl methyl sites for hydroxylation is 1. The molecule has 0 atom stereocenters. The van der Waals surface area contributed by atoms with Gasteiger partial charge in [-0.15, -0.1) is 0 Å². The molecular formula is C21H27FN4O3. The van der Waals surface area contributed by atoms with Gasteiger partial charge in [-0.25, -0.2) is 9.18 Å². The predicted molar refractivity (Wildman–Crippen MR) is 107 cm³/mol. The highest BCUT2D eigenvalue weighted by atomic mass is 19.1.